The Morgan fingerprint density at radius 3 is 2.60 bits per heavy atom. The third kappa shape index (κ3) is 3.13. The van der Waals surface area contributed by atoms with Gasteiger partial charge < -0.3 is 4.98 Å². The molecule has 0 atom stereocenters. The average Bonchev–Trinajstić information content (AvgIpc) is 2.19. The van der Waals surface area contributed by atoms with E-state index in [-0.39, 0.29) is 0 Å². The highest BCUT2D eigenvalue weighted by Gasteiger charge is 2.07. The Labute approximate surface area is 97.1 Å². The van der Waals surface area contributed by atoms with Crippen LogP contribution in [0.5, 0.6) is 0 Å². The third-order valence-corrected chi connectivity index (χ3v) is 3.00. The van der Waals surface area contributed by atoms with Crippen molar-refractivity contribution in [3.8, 4) is 0 Å². The lowest BCUT2D eigenvalue weighted by Gasteiger charge is -2.11. The monoisotopic (exact) mass is 224 g/mol. The Morgan fingerprint density at radius 1 is 1.40 bits per heavy atom. The number of nitrogens with zero attached hydrogens (tertiary/aromatic N) is 1. The maximum atomic E-state index is 5.27. The van der Waals surface area contributed by atoms with E-state index in [2.05, 4.69) is 37.7 Å². The van der Waals surface area contributed by atoms with Crippen molar-refractivity contribution in [1.29, 1.82) is 0 Å². The maximum absolute atomic E-state index is 5.27. The van der Waals surface area contributed by atoms with Crippen LogP contribution in [-0.4, -0.2) is 9.97 Å². The number of unbranched alkanes of at least 4 members (excludes halogenated alkanes) is 1. The van der Waals surface area contributed by atoms with E-state index in [1.165, 1.54) is 18.5 Å². The fraction of sp³-hybridized carbons (Fsp3) is 0.667. The van der Waals surface area contributed by atoms with Crippen molar-refractivity contribution in [3.63, 3.8) is 0 Å². The summed E-state index contributed by atoms with van der Waals surface area (Å²) in [5.41, 5.74) is 2.41. The molecule has 3 heteroatoms. The van der Waals surface area contributed by atoms with Gasteiger partial charge >= 0.3 is 0 Å². The van der Waals surface area contributed by atoms with Gasteiger partial charge in [-0.25, -0.2) is 4.98 Å². The van der Waals surface area contributed by atoms with Crippen LogP contribution in [0.4, 0.5) is 0 Å². The quantitative estimate of drug-likeness (QED) is 0.785. The van der Waals surface area contributed by atoms with Crippen LogP contribution in [0.1, 0.15) is 56.6 Å². The second kappa shape index (κ2) is 5.40. The first-order valence-corrected chi connectivity index (χ1v) is 6.06. The fourth-order valence-corrected chi connectivity index (χ4v) is 1.70. The van der Waals surface area contributed by atoms with Gasteiger partial charge in [0.05, 0.1) is 0 Å². The van der Waals surface area contributed by atoms with Gasteiger partial charge in [-0.05, 0) is 19.8 Å². The topological polar surface area (TPSA) is 28.7 Å². The van der Waals surface area contributed by atoms with Gasteiger partial charge in [0.25, 0.3) is 0 Å². The van der Waals surface area contributed by atoms with Gasteiger partial charge in [0.15, 0.2) is 0 Å². The number of aryl methyl sites for hydroxylation is 1. The Hall–Kier alpha value is -0.700. The molecule has 0 fully saturated rings. The van der Waals surface area contributed by atoms with E-state index in [9.17, 15) is 0 Å². The van der Waals surface area contributed by atoms with Gasteiger partial charge in [-0.3, -0.25) is 0 Å². The van der Waals surface area contributed by atoms with Crippen LogP contribution in [-0.2, 0) is 6.42 Å². The predicted octanol–water partition coefficient (Wildman–Crippen LogP) is 3.91. The lowest BCUT2D eigenvalue weighted by Crippen LogP contribution is -2.05. The zero-order valence-electron chi connectivity index (χ0n) is 10.1. The first kappa shape index (κ1) is 12.4. The first-order valence-electron chi connectivity index (χ1n) is 5.66. The Balaban J connectivity index is 3.08. The van der Waals surface area contributed by atoms with Crippen molar-refractivity contribution in [1.82, 2.24) is 9.97 Å². The van der Waals surface area contributed by atoms with Crippen LogP contribution < -0.4 is 0 Å². The summed E-state index contributed by atoms with van der Waals surface area (Å²) in [6, 6.07) is 0. The highest BCUT2D eigenvalue weighted by atomic mass is 32.1. The molecule has 0 unspecified atom stereocenters. The van der Waals surface area contributed by atoms with Crippen LogP contribution in [0.2, 0.25) is 0 Å². The fourth-order valence-electron chi connectivity index (χ4n) is 1.48. The molecule has 1 aromatic heterocycles. The highest BCUT2D eigenvalue weighted by molar-refractivity contribution is 7.71. The predicted molar refractivity (Wildman–Crippen MR) is 66.9 cm³/mol. The number of rotatable bonds is 4. The molecule has 0 aliphatic carbocycles. The van der Waals surface area contributed by atoms with Crippen molar-refractivity contribution in [3.05, 3.63) is 21.7 Å². The van der Waals surface area contributed by atoms with E-state index >= 15 is 0 Å². The lowest BCUT2D eigenvalue weighted by molar-refractivity contribution is 0.718. The molecular weight excluding hydrogens is 204 g/mol. The summed E-state index contributed by atoms with van der Waals surface area (Å²) in [4.78, 5) is 7.81. The second-order valence-corrected chi connectivity index (χ2v) is 4.68. The number of nitrogens with one attached hydrogen (secondary N) is 1. The Bertz CT molecular complexity index is 380. The van der Waals surface area contributed by atoms with Crippen LogP contribution in [0.3, 0.4) is 0 Å². The maximum Gasteiger partial charge on any atom is 0.132 e. The summed E-state index contributed by atoms with van der Waals surface area (Å²) in [7, 11) is 0. The molecule has 1 rings (SSSR count). The zero-order valence-corrected chi connectivity index (χ0v) is 10.9. The molecule has 0 amide bonds. The van der Waals surface area contributed by atoms with Crippen LogP contribution in [0.15, 0.2) is 0 Å². The normalized spacial score (nSPS) is 11.0. The summed E-state index contributed by atoms with van der Waals surface area (Å²) in [6.07, 6.45) is 3.49. The van der Waals surface area contributed by atoms with Crippen LogP contribution in [0, 0.1) is 11.6 Å². The van der Waals surface area contributed by atoms with Gasteiger partial charge in [0.2, 0.25) is 0 Å². The molecule has 0 bridgehead atoms. The molecule has 0 aliphatic rings. The number of hydrogen-bond acceptors (Lipinski definition) is 2. The third-order valence-electron chi connectivity index (χ3n) is 2.60. The van der Waals surface area contributed by atoms with E-state index in [0.29, 0.717) is 5.92 Å². The number of H-pyrrole nitrogens is 1. The summed E-state index contributed by atoms with van der Waals surface area (Å²) >= 11 is 5.27. The van der Waals surface area contributed by atoms with E-state index in [0.717, 1.165) is 22.4 Å². The molecular formula is C12H20N2S. The van der Waals surface area contributed by atoms with E-state index in [1.807, 2.05) is 0 Å². The van der Waals surface area contributed by atoms with E-state index in [1.54, 1.807) is 0 Å². The summed E-state index contributed by atoms with van der Waals surface area (Å²) < 4.78 is 0.753. The number of aromatic amines is 1. The van der Waals surface area contributed by atoms with Crippen LogP contribution in [0.25, 0.3) is 0 Å². The van der Waals surface area contributed by atoms with Gasteiger partial charge in [-0.15, -0.1) is 0 Å². The zero-order chi connectivity index (χ0) is 11.4. The first-order chi connectivity index (χ1) is 7.06. The lowest BCUT2D eigenvalue weighted by atomic mass is 10.1. The summed E-state index contributed by atoms with van der Waals surface area (Å²) in [5.74, 6) is 1.42. The molecule has 0 spiro atoms. The standard InChI is InChI=1S/C12H20N2S/c1-5-6-7-10-9(4)12(15)14-11(13-10)8(2)3/h8H,5-7H2,1-4H3,(H,13,14,15). The molecule has 1 N–H and O–H groups in total. The smallest absolute Gasteiger partial charge is 0.132 e. The Morgan fingerprint density at radius 2 is 2.07 bits per heavy atom. The SMILES string of the molecule is CCCCc1[nH]c(C(C)C)nc(=S)c1C. The van der Waals surface area contributed by atoms with Crippen molar-refractivity contribution in [2.45, 2.75) is 52.9 Å². The largest absolute Gasteiger partial charge is 0.347 e. The minimum Gasteiger partial charge on any atom is -0.347 e. The average molecular weight is 224 g/mol. The molecule has 84 valence electrons. The number of hydrogen-bond donors (Lipinski definition) is 1. The molecule has 1 heterocycles. The van der Waals surface area contributed by atoms with Gasteiger partial charge in [-0.1, -0.05) is 39.4 Å². The van der Waals surface area contributed by atoms with E-state index in [4.69, 9.17) is 12.2 Å². The van der Waals surface area contributed by atoms with Gasteiger partial charge in [0, 0.05) is 17.2 Å². The van der Waals surface area contributed by atoms with Crippen LogP contribution >= 0.6 is 12.2 Å². The minimum atomic E-state index is 0.410. The molecule has 0 aromatic carbocycles. The molecule has 0 radical (unpaired) electrons. The molecule has 0 saturated carbocycles. The molecule has 2 nitrogen and oxygen atoms in total. The summed E-state index contributed by atoms with van der Waals surface area (Å²) in [5, 5.41) is 0. The van der Waals surface area contributed by atoms with Gasteiger partial charge in [0.1, 0.15) is 10.5 Å². The minimum absolute atomic E-state index is 0.410. The van der Waals surface area contributed by atoms with E-state index < -0.39 is 0 Å². The summed E-state index contributed by atoms with van der Waals surface area (Å²) in [6.45, 7) is 8.52. The second-order valence-electron chi connectivity index (χ2n) is 4.29. The Kier molecular flexibility index (Phi) is 4.45. The molecule has 0 saturated heterocycles. The molecule has 1 aromatic rings. The van der Waals surface area contributed by atoms with Crippen molar-refractivity contribution < 1.29 is 0 Å². The van der Waals surface area contributed by atoms with Crippen molar-refractivity contribution in [2.24, 2.45) is 0 Å². The highest BCUT2D eigenvalue weighted by Crippen LogP contribution is 2.14. The molecule has 0 aliphatic heterocycles. The van der Waals surface area contributed by atoms with Crippen molar-refractivity contribution in [2.75, 3.05) is 0 Å². The molecule has 15 heavy (non-hydrogen) atoms. The van der Waals surface area contributed by atoms with Crippen molar-refractivity contribution >= 4 is 12.2 Å². The number of aromatic nitrogens is 2. The van der Waals surface area contributed by atoms with Gasteiger partial charge in [-0.2, -0.15) is 0 Å².